The highest BCUT2D eigenvalue weighted by Gasteiger charge is 2.05. The van der Waals surface area contributed by atoms with Crippen molar-refractivity contribution in [2.24, 2.45) is 5.92 Å². The number of aryl methyl sites for hydroxylation is 1. The first-order chi connectivity index (χ1) is 5.09. The predicted octanol–water partition coefficient (Wildman–Crippen LogP) is 3.41. The third-order valence-electron chi connectivity index (χ3n) is 1.37. The van der Waals surface area contributed by atoms with Crippen molar-refractivity contribution in [3.8, 4) is 0 Å². The van der Waals surface area contributed by atoms with Gasteiger partial charge in [0.15, 0.2) is 0 Å². The van der Waals surface area contributed by atoms with Crippen molar-refractivity contribution >= 4 is 27.3 Å². The maximum absolute atomic E-state index is 4.42. The van der Waals surface area contributed by atoms with Crippen LogP contribution in [0, 0.1) is 12.8 Å². The largest absolute Gasteiger partial charge is 0.245 e. The average Bonchev–Trinajstić information content (AvgIpc) is 2.10. The summed E-state index contributed by atoms with van der Waals surface area (Å²) in [4.78, 5) is 4.42. The molecule has 1 rings (SSSR count). The third-order valence-corrected chi connectivity index (χ3v) is 3.39. The van der Waals surface area contributed by atoms with E-state index in [4.69, 9.17) is 0 Å². The van der Waals surface area contributed by atoms with Crippen molar-refractivity contribution in [3.63, 3.8) is 0 Å². The van der Waals surface area contributed by atoms with Gasteiger partial charge in [-0.3, -0.25) is 0 Å². The van der Waals surface area contributed by atoms with Crippen LogP contribution in [-0.2, 0) is 6.42 Å². The van der Waals surface area contributed by atoms with Gasteiger partial charge < -0.3 is 0 Å². The second-order valence-corrected chi connectivity index (χ2v) is 5.47. The Bertz CT molecular complexity index is 223. The number of hydrogen-bond acceptors (Lipinski definition) is 2. The van der Waals surface area contributed by atoms with Gasteiger partial charge in [-0.1, -0.05) is 13.8 Å². The van der Waals surface area contributed by atoms with Crippen molar-refractivity contribution < 1.29 is 0 Å². The molecule has 0 amide bonds. The average molecular weight is 234 g/mol. The van der Waals surface area contributed by atoms with Gasteiger partial charge in [-0.2, -0.15) is 0 Å². The van der Waals surface area contributed by atoms with E-state index in [1.165, 1.54) is 8.79 Å². The Balaban J connectivity index is 2.73. The highest BCUT2D eigenvalue weighted by atomic mass is 79.9. The summed E-state index contributed by atoms with van der Waals surface area (Å²) in [6.45, 7) is 6.46. The topological polar surface area (TPSA) is 12.9 Å². The fraction of sp³-hybridized carbons (Fsp3) is 0.625. The van der Waals surface area contributed by atoms with E-state index in [1.54, 1.807) is 11.3 Å². The van der Waals surface area contributed by atoms with Crippen molar-refractivity contribution in [2.45, 2.75) is 27.2 Å². The van der Waals surface area contributed by atoms with Gasteiger partial charge >= 0.3 is 0 Å². The maximum Gasteiger partial charge on any atom is 0.0942 e. The van der Waals surface area contributed by atoms with Gasteiger partial charge in [0.1, 0.15) is 0 Å². The predicted molar refractivity (Wildman–Crippen MR) is 53.1 cm³/mol. The molecule has 0 radical (unpaired) electrons. The number of halogens is 1. The molecule has 1 aromatic rings. The first-order valence-electron chi connectivity index (χ1n) is 3.71. The van der Waals surface area contributed by atoms with Crippen LogP contribution in [0.3, 0.4) is 0 Å². The minimum absolute atomic E-state index is 0.701. The summed E-state index contributed by atoms with van der Waals surface area (Å²) in [5, 5.41) is 1.24. The van der Waals surface area contributed by atoms with Gasteiger partial charge in [0.2, 0.25) is 0 Å². The highest BCUT2D eigenvalue weighted by Crippen LogP contribution is 2.25. The van der Waals surface area contributed by atoms with E-state index in [9.17, 15) is 0 Å². The summed E-state index contributed by atoms with van der Waals surface area (Å²) in [5.41, 5.74) is 1.12. The van der Waals surface area contributed by atoms with Gasteiger partial charge in [0.25, 0.3) is 0 Å². The maximum atomic E-state index is 4.42. The number of nitrogens with zero attached hydrogens (tertiary/aromatic N) is 1. The molecule has 0 spiro atoms. The molecule has 1 aromatic heterocycles. The Hall–Kier alpha value is 0.110. The molecule has 0 fully saturated rings. The normalized spacial score (nSPS) is 11.0. The molecule has 11 heavy (non-hydrogen) atoms. The fourth-order valence-corrected chi connectivity index (χ4v) is 2.52. The lowest BCUT2D eigenvalue weighted by Gasteiger charge is -1.97. The molecule has 0 saturated carbocycles. The van der Waals surface area contributed by atoms with Crippen LogP contribution in [0.5, 0.6) is 0 Å². The molecule has 0 saturated heterocycles. The Morgan fingerprint density at radius 1 is 1.55 bits per heavy atom. The zero-order valence-electron chi connectivity index (χ0n) is 7.02. The smallest absolute Gasteiger partial charge is 0.0942 e. The summed E-state index contributed by atoms with van der Waals surface area (Å²) in [6, 6.07) is 0. The van der Waals surface area contributed by atoms with Crippen LogP contribution in [0.25, 0.3) is 0 Å². The monoisotopic (exact) mass is 233 g/mol. The summed E-state index contributed by atoms with van der Waals surface area (Å²) in [6.07, 6.45) is 1.09. The Morgan fingerprint density at radius 2 is 2.18 bits per heavy atom. The van der Waals surface area contributed by atoms with Crippen molar-refractivity contribution in [2.75, 3.05) is 0 Å². The van der Waals surface area contributed by atoms with Crippen LogP contribution < -0.4 is 0 Å². The zero-order chi connectivity index (χ0) is 8.43. The van der Waals surface area contributed by atoms with Crippen molar-refractivity contribution in [1.82, 2.24) is 4.98 Å². The van der Waals surface area contributed by atoms with Gasteiger partial charge in [-0.05, 0) is 28.8 Å². The lowest BCUT2D eigenvalue weighted by atomic mass is 10.1. The Kier molecular flexibility index (Phi) is 3.07. The third kappa shape index (κ3) is 2.56. The number of aromatic nitrogens is 1. The quantitative estimate of drug-likeness (QED) is 0.764. The van der Waals surface area contributed by atoms with E-state index < -0.39 is 0 Å². The first kappa shape index (κ1) is 9.20. The Morgan fingerprint density at radius 3 is 2.55 bits per heavy atom. The molecule has 0 atom stereocenters. The standard InChI is InChI=1S/C8H12BrNS/c1-5(2)4-7-10-6(3)8(9)11-7/h5H,4H2,1-3H3. The molecular weight excluding hydrogens is 222 g/mol. The molecule has 0 unspecified atom stereocenters. The summed E-state index contributed by atoms with van der Waals surface area (Å²) >= 11 is 5.21. The van der Waals surface area contributed by atoms with Crippen LogP contribution in [0.1, 0.15) is 24.5 Å². The van der Waals surface area contributed by atoms with Gasteiger partial charge in [0, 0.05) is 6.42 Å². The minimum atomic E-state index is 0.701. The molecule has 1 heterocycles. The molecule has 62 valence electrons. The van der Waals surface area contributed by atoms with Crippen LogP contribution in [0.2, 0.25) is 0 Å². The van der Waals surface area contributed by atoms with E-state index in [1.807, 2.05) is 6.92 Å². The molecule has 1 nitrogen and oxygen atoms in total. The van der Waals surface area contributed by atoms with E-state index >= 15 is 0 Å². The summed E-state index contributed by atoms with van der Waals surface area (Å²) < 4.78 is 1.17. The molecule has 0 aliphatic rings. The lowest BCUT2D eigenvalue weighted by molar-refractivity contribution is 0.643. The second kappa shape index (κ2) is 3.68. The van der Waals surface area contributed by atoms with E-state index in [2.05, 4.69) is 34.8 Å². The lowest BCUT2D eigenvalue weighted by Crippen LogP contribution is -1.92. The van der Waals surface area contributed by atoms with Gasteiger partial charge in [-0.15, -0.1) is 11.3 Å². The minimum Gasteiger partial charge on any atom is -0.245 e. The molecule has 3 heteroatoms. The number of hydrogen-bond donors (Lipinski definition) is 0. The van der Waals surface area contributed by atoms with E-state index in [0.717, 1.165) is 12.1 Å². The number of thiazole rings is 1. The molecular formula is C8H12BrNS. The SMILES string of the molecule is Cc1nc(CC(C)C)sc1Br. The van der Waals surface area contributed by atoms with Crippen molar-refractivity contribution in [3.05, 3.63) is 14.5 Å². The fourth-order valence-electron chi connectivity index (χ4n) is 0.868. The second-order valence-electron chi connectivity index (χ2n) is 3.06. The van der Waals surface area contributed by atoms with Crippen LogP contribution in [-0.4, -0.2) is 4.98 Å². The molecule has 0 aliphatic heterocycles. The van der Waals surface area contributed by atoms with Crippen LogP contribution >= 0.6 is 27.3 Å². The van der Waals surface area contributed by atoms with E-state index in [0.29, 0.717) is 5.92 Å². The van der Waals surface area contributed by atoms with Gasteiger partial charge in [0.05, 0.1) is 14.5 Å². The van der Waals surface area contributed by atoms with E-state index in [-0.39, 0.29) is 0 Å². The highest BCUT2D eigenvalue weighted by molar-refractivity contribution is 9.11. The summed E-state index contributed by atoms with van der Waals surface area (Å²) in [5.74, 6) is 0.701. The van der Waals surface area contributed by atoms with Crippen molar-refractivity contribution in [1.29, 1.82) is 0 Å². The molecule has 0 bridgehead atoms. The molecule has 0 aromatic carbocycles. The first-order valence-corrected chi connectivity index (χ1v) is 5.32. The molecule has 0 aliphatic carbocycles. The number of rotatable bonds is 2. The Labute approximate surface area is 80.0 Å². The van der Waals surface area contributed by atoms with Crippen LogP contribution in [0.4, 0.5) is 0 Å². The summed E-state index contributed by atoms with van der Waals surface area (Å²) in [7, 11) is 0. The zero-order valence-corrected chi connectivity index (χ0v) is 9.42. The molecule has 0 N–H and O–H groups in total. The van der Waals surface area contributed by atoms with Gasteiger partial charge in [-0.25, -0.2) is 4.98 Å². The van der Waals surface area contributed by atoms with Crippen LogP contribution in [0.15, 0.2) is 3.79 Å².